The molecule has 1 fully saturated rings. The van der Waals surface area contributed by atoms with E-state index in [9.17, 15) is 0 Å². The van der Waals surface area contributed by atoms with Crippen molar-refractivity contribution >= 4 is 16.6 Å². The standard InChI is InChI=1S/C18H40O2Si2/c1-9-10-16-11-13-17(14-12-16)18(20-22(6,7)8)15(2)19-21(3,4)5/h15-18H,9-14H2,1-8H3. The van der Waals surface area contributed by atoms with Crippen molar-refractivity contribution in [2.75, 3.05) is 0 Å². The molecule has 1 aliphatic rings. The molecule has 22 heavy (non-hydrogen) atoms. The molecule has 0 saturated heterocycles. The van der Waals surface area contributed by atoms with Gasteiger partial charge in [0.05, 0.1) is 12.2 Å². The van der Waals surface area contributed by atoms with Crippen LogP contribution in [0, 0.1) is 11.8 Å². The van der Waals surface area contributed by atoms with Crippen LogP contribution in [0.4, 0.5) is 0 Å². The number of rotatable bonds is 8. The zero-order chi connectivity index (χ0) is 17.0. The summed E-state index contributed by atoms with van der Waals surface area (Å²) in [5.41, 5.74) is 0. The predicted molar refractivity (Wildman–Crippen MR) is 102 cm³/mol. The van der Waals surface area contributed by atoms with Crippen LogP contribution in [0.1, 0.15) is 52.4 Å². The highest BCUT2D eigenvalue weighted by molar-refractivity contribution is 6.70. The first-order valence-electron chi connectivity index (χ1n) is 9.37. The topological polar surface area (TPSA) is 18.5 Å². The summed E-state index contributed by atoms with van der Waals surface area (Å²) in [6.07, 6.45) is 8.74. The normalized spacial score (nSPS) is 26.7. The van der Waals surface area contributed by atoms with Crippen molar-refractivity contribution in [1.82, 2.24) is 0 Å². The van der Waals surface area contributed by atoms with Gasteiger partial charge in [-0.25, -0.2) is 0 Å². The van der Waals surface area contributed by atoms with Crippen LogP contribution in [-0.4, -0.2) is 28.8 Å². The summed E-state index contributed by atoms with van der Waals surface area (Å²) in [4.78, 5) is 0. The second-order valence-corrected chi connectivity index (χ2v) is 18.1. The Morgan fingerprint density at radius 2 is 1.36 bits per heavy atom. The van der Waals surface area contributed by atoms with E-state index >= 15 is 0 Å². The van der Waals surface area contributed by atoms with Crippen molar-refractivity contribution in [2.24, 2.45) is 11.8 Å². The van der Waals surface area contributed by atoms with Gasteiger partial charge in [0.25, 0.3) is 0 Å². The van der Waals surface area contributed by atoms with Gasteiger partial charge in [-0.15, -0.1) is 0 Å². The van der Waals surface area contributed by atoms with Gasteiger partial charge in [-0.1, -0.05) is 32.6 Å². The molecule has 0 aromatic carbocycles. The third-order valence-electron chi connectivity index (χ3n) is 4.54. The van der Waals surface area contributed by atoms with Crippen LogP contribution in [0.25, 0.3) is 0 Å². The van der Waals surface area contributed by atoms with Crippen molar-refractivity contribution in [1.29, 1.82) is 0 Å². The van der Waals surface area contributed by atoms with Crippen LogP contribution < -0.4 is 0 Å². The van der Waals surface area contributed by atoms with Gasteiger partial charge in [0.15, 0.2) is 16.6 Å². The van der Waals surface area contributed by atoms with Crippen LogP contribution in [0.2, 0.25) is 39.3 Å². The molecule has 2 unspecified atom stereocenters. The lowest BCUT2D eigenvalue weighted by atomic mass is 9.77. The smallest absolute Gasteiger partial charge is 0.184 e. The molecule has 2 atom stereocenters. The molecule has 0 radical (unpaired) electrons. The first kappa shape index (κ1) is 20.4. The zero-order valence-electron chi connectivity index (χ0n) is 16.4. The van der Waals surface area contributed by atoms with E-state index < -0.39 is 16.6 Å². The van der Waals surface area contributed by atoms with Gasteiger partial charge < -0.3 is 8.85 Å². The van der Waals surface area contributed by atoms with E-state index in [1.807, 2.05) is 0 Å². The molecule has 2 nitrogen and oxygen atoms in total. The van der Waals surface area contributed by atoms with Crippen LogP contribution in [0.5, 0.6) is 0 Å². The Labute approximate surface area is 141 Å². The first-order chi connectivity index (χ1) is 10.0. The third kappa shape index (κ3) is 7.76. The van der Waals surface area contributed by atoms with Gasteiger partial charge in [-0.2, -0.15) is 0 Å². The molecule has 4 heteroatoms. The molecule has 1 saturated carbocycles. The summed E-state index contributed by atoms with van der Waals surface area (Å²) < 4.78 is 13.0. The largest absolute Gasteiger partial charge is 0.412 e. The maximum Gasteiger partial charge on any atom is 0.184 e. The van der Waals surface area contributed by atoms with E-state index in [1.54, 1.807) is 0 Å². The molecule has 0 heterocycles. The quantitative estimate of drug-likeness (QED) is 0.499. The molecule has 0 aliphatic heterocycles. The Kier molecular flexibility index (Phi) is 7.84. The van der Waals surface area contributed by atoms with Gasteiger partial charge in [0, 0.05) is 0 Å². The van der Waals surface area contributed by atoms with Crippen molar-refractivity contribution in [3.63, 3.8) is 0 Å². The lowest BCUT2D eigenvalue weighted by Gasteiger charge is -2.41. The molecule has 132 valence electrons. The minimum Gasteiger partial charge on any atom is -0.412 e. The highest BCUT2D eigenvalue weighted by atomic mass is 28.4. The Morgan fingerprint density at radius 3 is 1.77 bits per heavy atom. The minimum atomic E-state index is -1.54. The minimum absolute atomic E-state index is 0.242. The van der Waals surface area contributed by atoms with Crippen molar-refractivity contribution in [3.05, 3.63) is 0 Å². The molecule has 0 N–H and O–H groups in total. The summed E-state index contributed by atoms with van der Waals surface area (Å²) in [5, 5.41) is 0. The highest BCUT2D eigenvalue weighted by Gasteiger charge is 2.36. The van der Waals surface area contributed by atoms with Gasteiger partial charge in [0.2, 0.25) is 0 Å². The molecule has 0 bridgehead atoms. The summed E-state index contributed by atoms with van der Waals surface area (Å²) in [6, 6.07) is 0. The van der Waals surface area contributed by atoms with E-state index in [1.165, 1.54) is 38.5 Å². The maximum absolute atomic E-state index is 6.62. The predicted octanol–water partition coefficient (Wildman–Crippen LogP) is 6.05. The third-order valence-corrected chi connectivity index (χ3v) is 6.60. The molecular weight excluding hydrogens is 304 g/mol. The van der Waals surface area contributed by atoms with E-state index in [-0.39, 0.29) is 6.10 Å². The fraction of sp³-hybridized carbons (Fsp3) is 1.00. The second kappa shape index (κ2) is 8.45. The zero-order valence-corrected chi connectivity index (χ0v) is 18.4. The Morgan fingerprint density at radius 1 is 0.864 bits per heavy atom. The van der Waals surface area contributed by atoms with E-state index in [0.29, 0.717) is 12.0 Å². The van der Waals surface area contributed by atoms with Gasteiger partial charge in [-0.3, -0.25) is 0 Å². The molecule has 0 spiro atoms. The highest BCUT2D eigenvalue weighted by Crippen LogP contribution is 2.36. The number of hydrogen-bond donors (Lipinski definition) is 0. The maximum atomic E-state index is 6.62. The van der Waals surface area contributed by atoms with Gasteiger partial charge in [0.1, 0.15) is 0 Å². The number of hydrogen-bond acceptors (Lipinski definition) is 2. The molecule has 1 rings (SSSR count). The first-order valence-corrected chi connectivity index (χ1v) is 16.2. The second-order valence-electron chi connectivity index (χ2n) is 9.20. The average Bonchev–Trinajstić information content (AvgIpc) is 2.34. The fourth-order valence-corrected chi connectivity index (χ4v) is 6.27. The molecule has 0 aromatic heterocycles. The molecular formula is C18H40O2Si2. The fourth-order valence-electron chi connectivity index (χ4n) is 3.82. The SMILES string of the molecule is CCCC1CCC(C(O[Si](C)(C)C)C(C)O[Si](C)(C)C)CC1. The van der Waals surface area contributed by atoms with Crippen molar-refractivity contribution < 1.29 is 8.85 Å². The Bertz CT molecular complexity index is 312. The van der Waals surface area contributed by atoms with Crippen molar-refractivity contribution in [3.8, 4) is 0 Å². The monoisotopic (exact) mass is 344 g/mol. The summed E-state index contributed by atoms with van der Waals surface area (Å²) in [5.74, 6) is 1.66. The summed E-state index contributed by atoms with van der Waals surface area (Å²) in [6.45, 7) is 18.3. The van der Waals surface area contributed by atoms with Crippen LogP contribution in [0.3, 0.4) is 0 Å². The van der Waals surface area contributed by atoms with Crippen LogP contribution in [-0.2, 0) is 8.85 Å². The summed E-state index contributed by atoms with van der Waals surface area (Å²) >= 11 is 0. The Balaban J connectivity index is 2.70. The van der Waals surface area contributed by atoms with Crippen LogP contribution >= 0.6 is 0 Å². The molecule has 0 amide bonds. The molecule has 1 aliphatic carbocycles. The molecule has 0 aromatic rings. The Hall–Kier alpha value is 0.354. The van der Waals surface area contributed by atoms with E-state index in [0.717, 1.165) is 5.92 Å². The van der Waals surface area contributed by atoms with E-state index in [2.05, 4.69) is 53.1 Å². The van der Waals surface area contributed by atoms with Gasteiger partial charge >= 0.3 is 0 Å². The van der Waals surface area contributed by atoms with Crippen molar-refractivity contribution in [2.45, 2.75) is 104 Å². The van der Waals surface area contributed by atoms with Crippen LogP contribution in [0.15, 0.2) is 0 Å². The lowest BCUT2D eigenvalue weighted by Crippen LogP contribution is -2.47. The lowest BCUT2D eigenvalue weighted by molar-refractivity contribution is -0.00155. The van der Waals surface area contributed by atoms with E-state index in [4.69, 9.17) is 8.85 Å². The average molecular weight is 345 g/mol. The van der Waals surface area contributed by atoms with Gasteiger partial charge in [-0.05, 0) is 70.9 Å². The summed E-state index contributed by atoms with van der Waals surface area (Å²) in [7, 11) is -3.05.